The molecule has 0 bridgehead atoms. The van der Waals surface area contributed by atoms with Gasteiger partial charge in [0.25, 0.3) is 0 Å². The van der Waals surface area contributed by atoms with E-state index in [1.807, 2.05) is 41.3 Å². The predicted molar refractivity (Wildman–Crippen MR) is 112 cm³/mol. The Morgan fingerprint density at radius 1 is 1.00 bits per heavy atom. The number of nitrogens with zero attached hydrogens (tertiary/aromatic N) is 2. The Morgan fingerprint density at radius 2 is 1.70 bits per heavy atom. The molecule has 1 aliphatic rings. The summed E-state index contributed by atoms with van der Waals surface area (Å²) in [6.07, 6.45) is 3.42. The van der Waals surface area contributed by atoms with Gasteiger partial charge in [-0.05, 0) is 36.4 Å². The number of benzene rings is 2. The fourth-order valence-corrected chi connectivity index (χ4v) is 3.54. The third-order valence-electron chi connectivity index (χ3n) is 4.61. The molecule has 0 saturated carbocycles. The van der Waals surface area contributed by atoms with E-state index in [2.05, 4.69) is 26.9 Å². The fraction of sp³-hybridized carbons (Fsp3) is 0.286. The van der Waals surface area contributed by atoms with Gasteiger partial charge in [0, 0.05) is 42.3 Å². The van der Waals surface area contributed by atoms with Crippen molar-refractivity contribution < 1.29 is 14.3 Å². The zero-order valence-electron chi connectivity index (χ0n) is 15.5. The molecule has 2 aromatic carbocycles. The van der Waals surface area contributed by atoms with E-state index in [1.165, 1.54) is 0 Å². The highest BCUT2D eigenvalue weighted by atomic mass is 79.9. The molecule has 1 heterocycles. The molecule has 0 spiro atoms. The van der Waals surface area contributed by atoms with Crippen LogP contribution in [0.25, 0.3) is 6.08 Å². The van der Waals surface area contributed by atoms with Crippen LogP contribution in [0.2, 0.25) is 0 Å². The first-order valence-corrected chi connectivity index (χ1v) is 9.60. The van der Waals surface area contributed by atoms with Gasteiger partial charge in [-0.3, -0.25) is 4.79 Å². The minimum absolute atomic E-state index is 0.0108. The van der Waals surface area contributed by atoms with Crippen molar-refractivity contribution in [1.82, 2.24) is 4.90 Å². The normalized spacial score (nSPS) is 14.5. The maximum absolute atomic E-state index is 12.6. The molecule has 5 nitrogen and oxygen atoms in total. The third-order valence-corrected chi connectivity index (χ3v) is 5.11. The van der Waals surface area contributed by atoms with Crippen LogP contribution in [0, 0.1) is 0 Å². The van der Waals surface area contributed by atoms with Crippen LogP contribution in [0.4, 0.5) is 5.69 Å². The molecule has 1 aliphatic heterocycles. The molecule has 1 amide bonds. The number of hydrogen-bond donors (Lipinski definition) is 0. The van der Waals surface area contributed by atoms with E-state index in [1.54, 1.807) is 26.4 Å². The maximum Gasteiger partial charge on any atom is 0.246 e. The summed E-state index contributed by atoms with van der Waals surface area (Å²) < 4.78 is 11.7. The monoisotopic (exact) mass is 430 g/mol. The van der Waals surface area contributed by atoms with Gasteiger partial charge in [0.2, 0.25) is 5.91 Å². The quantitative estimate of drug-likeness (QED) is 0.675. The van der Waals surface area contributed by atoms with Crippen LogP contribution in [0.5, 0.6) is 11.5 Å². The van der Waals surface area contributed by atoms with E-state index in [-0.39, 0.29) is 5.91 Å². The lowest BCUT2D eigenvalue weighted by atomic mass is 10.1. The Balaban J connectivity index is 1.63. The largest absolute Gasteiger partial charge is 0.496 e. The van der Waals surface area contributed by atoms with Crippen LogP contribution >= 0.6 is 15.9 Å². The summed E-state index contributed by atoms with van der Waals surface area (Å²) in [5.74, 6) is 1.61. The molecule has 0 atom stereocenters. The minimum atomic E-state index is 0.0108. The smallest absolute Gasteiger partial charge is 0.246 e. The maximum atomic E-state index is 12.6. The molecule has 1 saturated heterocycles. The van der Waals surface area contributed by atoms with Crippen molar-refractivity contribution in [3.8, 4) is 11.5 Å². The van der Waals surface area contributed by atoms with Crippen LogP contribution in [0.15, 0.2) is 53.0 Å². The van der Waals surface area contributed by atoms with E-state index >= 15 is 0 Å². The zero-order chi connectivity index (χ0) is 19.2. The second-order valence-electron chi connectivity index (χ2n) is 6.20. The number of methoxy groups -OCH3 is 2. The Hall–Kier alpha value is -2.47. The van der Waals surface area contributed by atoms with E-state index in [4.69, 9.17) is 9.47 Å². The van der Waals surface area contributed by atoms with Gasteiger partial charge in [0.1, 0.15) is 11.5 Å². The van der Waals surface area contributed by atoms with Gasteiger partial charge in [0.15, 0.2) is 0 Å². The summed E-state index contributed by atoms with van der Waals surface area (Å²) >= 11 is 3.45. The van der Waals surface area contributed by atoms with Crippen molar-refractivity contribution in [2.24, 2.45) is 0 Å². The van der Waals surface area contributed by atoms with Crippen LogP contribution < -0.4 is 14.4 Å². The molecule has 142 valence electrons. The van der Waals surface area contributed by atoms with Crippen LogP contribution in [0.3, 0.4) is 0 Å². The average Bonchev–Trinajstić information content (AvgIpc) is 2.72. The lowest BCUT2D eigenvalue weighted by Crippen LogP contribution is -2.48. The van der Waals surface area contributed by atoms with Crippen LogP contribution in [-0.4, -0.2) is 51.2 Å². The topological polar surface area (TPSA) is 42.0 Å². The number of anilines is 1. The molecule has 2 aromatic rings. The molecule has 0 unspecified atom stereocenters. The van der Waals surface area contributed by atoms with Gasteiger partial charge in [0.05, 0.1) is 19.9 Å². The number of hydrogen-bond acceptors (Lipinski definition) is 4. The second-order valence-corrected chi connectivity index (χ2v) is 7.12. The van der Waals surface area contributed by atoms with E-state index in [0.29, 0.717) is 13.1 Å². The number of halogens is 1. The number of piperazine rings is 1. The van der Waals surface area contributed by atoms with Gasteiger partial charge in [-0.1, -0.05) is 28.1 Å². The number of rotatable bonds is 5. The molecular weight excluding hydrogens is 408 g/mol. The minimum Gasteiger partial charge on any atom is -0.496 e. The van der Waals surface area contributed by atoms with Crippen LogP contribution in [0.1, 0.15) is 5.56 Å². The number of ether oxygens (including phenoxy) is 2. The van der Waals surface area contributed by atoms with Crippen LogP contribution in [-0.2, 0) is 4.79 Å². The second kappa shape index (κ2) is 8.95. The summed E-state index contributed by atoms with van der Waals surface area (Å²) in [7, 11) is 3.30. The molecule has 0 N–H and O–H groups in total. The Labute approximate surface area is 168 Å². The van der Waals surface area contributed by atoms with Crippen molar-refractivity contribution in [1.29, 1.82) is 0 Å². The standard InChI is InChI=1S/C21H23BrN2O3/c1-26-19-9-8-17(22)15-16(19)7-10-21(25)24-13-11-23(12-14-24)18-5-3-4-6-20(18)27-2/h3-10,15H,11-14H2,1-2H3/b10-7+. The van der Waals surface area contributed by atoms with Crippen molar-refractivity contribution in [3.63, 3.8) is 0 Å². The highest BCUT2D eigenvalue weighted by Gasteiger charge is 2.21. The van der Waals surface area contributed by atoms with E-state index in [9.17, 15) is 4.79 Å². The molecule has 3 rings (SSSR count). The van der Waals surface area contributed by atoms with Gasteiger partial charge < -0.3 is 19.3 Å². The molecular formula is C21H23BrN2O3. The predicted octanol–water partition coefficient (Wildman–Crippen LogP) is 3.83. The molecule has 0 aromatic heterocycles. The lowest BCUT2D eigenvalue weighted by Gasteiger charge is -2.36. The van der Waals surface area contributed by atoms with E-state index < -0.39 is 0 Å². The highest BCUT2D eigenvalue weighted by molar-refractivity contribution is 9.10. The number of amides is 1. The van der Waals surface area contributed by atoms with Gasteiger partial charge in [-0.25, -0.2) is 0 Å². The zero-order valence-corrected chi connectivity index (χ0v) is 17.1. The van der Waals surface area contributed by atoms with E-state index in [0.717, 1.165) is 40.3 Å². The van der Waals surface area contributed by atoms with Gasteiger partial charge in [-0.15, -0.1) is 0 Å². The van der Waals surface area contributed by atoms with Crippen molar-refractivity contribution in [2.75, 3.05) is 45.3 Å². The Bertz CT molecular complexity index is 830. The fourth-order valence-electron chi connectivity index (χ4n) is 3.16. The first-order valence-electron chi connectivity index (χ1n) is 8.81. The first kappa shape index (κ1) is 19.3. The summed E-state index contributed by atoms with van der Waals surface area (Å²) in [5.41, 5.74) is 1.94. The highest BCUT2D eigenvalue weighted by Crippen LogP contribution is 2.28. The molecule has 0 radical (unpaired) electrons. The third kappa shape index (κ3) is 4.63. The number of carbonyl (C=O) groups excluding carboxylic acids is 1. The summed E-state index contributed by atoms with van der Waals surface area (Å²) in [5, 5.41) is 0. The number of carbonyl (C=O) groups is 1. The van der Waals surface area contributed by atoms with Gasteiger partial charge >= 0.3 is 0 Å². The SMILES string of the molecule is COc1ccc(Br)cc1/C=C/C(=O)N1CCN(c2ccccc2OC)CC1. The summed E-state index contributed by atoms with van der Waals surface area (Å²) in [6.45, 7) is 2.91. The molecule has 0 aliphatic carbocycles. The summed E-state index contributed by atoms with van der Waals surface area (Å²) in [6, 6.07) is 13.7. The summed E-state index contributed by atoms with van der Waals surface area (Å²) in [4.78, 5) is 16.7. The average molecular weight is 431 g/mol. The first-order chi connectivity index (χ1) is 13.1. The Morgan fingerprint density at radius 3 is 2.41 bits per heavy atom. The lowest BCUT2D eigenvalue weighted by molar-refractivity contribution is -0.126. The molecule has 27 heavy (non-hydrogen) atoms. The Kier molecular flexibility index (Phi) is 6.40. The molecule has 6 heteroatoms. The van der Waals surface area contributed by atoms with Gasteiger partial charge in [-0.2, -0.15) is 0 Å². The molecule has 1 fully saturated rings. The van der Waals surface area contributed by atoms with Crippen molar-refractivity contribution >= 4 is 33.6 Å². The number of para-hydroxylation sites is 2. The van der Waals surface area contributed by atoms with Crippen molar-refractivity contribution in [3.05, 3.63) is 58.6 Å². The van der Waals surface area contributed by atoms with Crippen molar-refractivity contribution in [2.45, 2.75) is 0 Å².